The van der Waals surface area contributed by atoms with Crippen molar-refractivity contribution in [2.45, 2.75) is 32.7 Å². The lowest BCUT2D eigenvalue weighted by atomic mass is 10.1. The molecule has 0 heterocycles. The zero-order valence-corrected chi connectivity index (χ0v) is 29.8. The molecule has 14 nitrogen and oxygen atoms in total. The van der Waals surface area contributed by atoms with Gasteiger partial charge in [-0.1, -0.05) is 23.8 Å². The molecular weight excluding hydrogens is 626 g/mol. The van der Waals surface area contributed by atoms with Gasteiger partial charge in [-0.2, -0.15) is 0 Å². The van der Waals surface area contributed by atoms with Gasteiger partial charge in [-0.3, -0.25) is 9.80 Å². The molecule has 0 amide bonds. The maximum Gasteiger partial charge on any atom is 0.291 e. The van der Waals surface area contributed by atoms with Gasteiger partial charge in [-0.25, -0.2) is 4.57 Å². The van der Waals surface area contributed by atoms with Crippen LogP contribution >= 0.6 is 15.2 Å². The van der Waals surface area contributed by atoms with E-state index in [0.29, 0.717) is 11.1 Å². The molecule has 0 fully saturated rings. The quantitative estimate of drug-likeness (QED) is 0.107. The SMILES string of the molecule is C[N+](C)(C)C.C[N+](C)(C)C.Cc1ccc(O)c(CN(CC(CO)N(Cc2cc(CO)ccc2O)CP(=O)([O-])[OH2+])CP(=O)([O-])O)c1. The molecule has 2 aromatic rings. The van der Waals surface area contributed by atoms with Crippen LogP contribution in [-0.2, 0) is 28.8 Å². The molecule has 0 bridgehead atoms. The van der Waals surface area contributed by atoms with Crippen LogP contribution in [0.5, 0.6) is 11.5 Å². The highest BCUT2D eigenvalue weighted by molar-refractivity contribution is 7.50. The molecular formula is C29H55N4O10P2+. The maximum atomic E-state index is 11.8. The van der Waals surface area contributed by atoms with Crippen molar-refractivity contribution in [1.82, 2.24) is 9.80 Å². The van der Waals surface area contributed by atoms with Gasteiger partial charge >= 0.3 is 0 Å². The van der Waals surface area contributed by atoms with Crippen LogP contribution in [0.1, 0.15) is 22.3 Å². The molecule has 0 aromatic heterocycles. The Morgan fingerprint density at radius 2 is 1.29 bits per heavy atom. The lowest BCUT2D eigenvalue weighted by Gasteiger charge is -2.36. The Balaban J connectivity index is 0.00000167. The van der Waals surface area contributed by atoms with E-state index in [2.05, 4.69) is 56.4 Å². The summed E-state index contributed by atoms with van der Waals surface area (Å²) in [5, 5.41) is 39.8. The fourth-order valence-electron chi connectivity index (χ4n) is 3.71. The number of phenolic OH excluding ortho intramolecular Hbond substituents is 2. The van der Waals surface area contributed by atoms with Gasteiger partial charge in [0.15, 0.2) is 0 Å². The first-order valence-electron chi connectivity index (χ1n) is 14.1. The van der Waals surface area contributed by atoms with Crippen molar-refractivity contribution in [3.8, 4) is 11.5 Å². The molecule has 0 aliphatic rings. The van der Waals surface area contributed by atoms with Crippen LogP contribution < -0.4 is 9.79 Å². The summed E-state index contributed by atoms with van der Waals surface area (Å²) in [6.07, 6.45) is -1.66. The number of quaternary nitrogens is 2. The van der Waals surface area contributed by atoms with Crippen LogP contribution in [0.2, 0.25) is 0 Å². The van der Waals surface area contributed by atoms with Gasteiger partial charge in [0.25, 0.3) is 7.60 Å². The first kappa shape index (κ1) is 43.1. The summed E-state index contributed by atoms with van der Waals surface area (Å²) in [7, 11) is 7.50. The summed E-state index contributed by atoms with van der Waals surface area (Å²) in [6.45, 7) is 0.128. The van der Waals surface area contributed by atoms with Gasteiger partial charge in [-0.15, -0.1) is 0 Å². The van der Waals surface area contributed by atoms with Crippen molar-refractivity contribution in [1.29, 1.82) is 0 Å². The fourth-order valence-corrected chi connectivity index (χ4v) is 5.24. The number of aliphatic hydroxyl groups excluding tert-OH is 2. The third kappa shape index (κ3) is 23.1. The largest absolute Gasteiger partial charge is 0.778 e. The number of aromatic hydroxyl groups is 2. The van der Waals surface area contributed by atoms with E-state index in [-0.39, 0.29) is 43.3 Å². The average molecular weight is 682 g/mol. The number of phenols is 2. The van der Waals surface area contributed by atoms with Gasteiger partial charge in [0.2, 0.25) is 0 Å². The first-order valence-corrected chi connectivity index (χ1v) is 17.7. The topological polar surface area (TPSA) is 211 Å². The lowest BCUT2D eigenvalue weighted by Crippen LogP contribution is -2.47. The number of benzene rings is 2. The summed E-state index contributed by atoms with van der Waals surface area (Å²) in [5.41, 5.74) is 1.81. The van der Waals surface area contributed by atoms with Crippen LogP contribution in [0.4, 0.5) is 0 Å². The first-order chi connectivity index (χ1) is 20.2. The number of hydrogen-bond acceptors (Lipinski definition) is 10. The van der Waals surface area contributed by atoms with Gasteiger partial charge in [0, 0.05) is 36.8 Å². The van der Waals surface area contributed by atoms with Crippen LogP contribution in [-0.4, -0.2) is 137 Å². The number of aryl methyl sites for hydroxylation is 1. The minimum atomic E-state index is -4.84. The molecule has 0 aliphatic carbocycles. The standard InChI is InChI=1S/C21H32N2O10P2.2C4H12N/c1-15-2-4-20(26)17(6-15)8-22(13-34(28,29)30)10-19(12-25)23(14-35(31,32)33)9-18-7-16(11-24)3-5-21(18)27;2*1-5(2,3)4/h2-7,19,24-27H,8-14H2,1H3,(H2,28,29,30)(H2,31,32,33);2*1-4H3/q;2*+1/p-1. The molecule has 0 aliphatic heterocycles. The molecule has 45 heavy (non-hydrogen) atoms. The number of nitrogens with zero attached hydrogens (tertiary/aromatic N) is 4. The summed E-state index contributed by atoms with van der Waals surface area (Å²) < 4.78 is 25.5. The van der Waals surface area contributed by atoms with E-state index in [1.165, 1.54) is 34.1 Å². The second-order valence-corrected chi connectivity index (χ2v) is 17.0. The molecule has 0 radical (unpaired) electrons. The van der Waals surface area contributed by atoms with Gasteiger partial charge in [-0.05, 0) is 30.7 Å². The fraction of sp³-hybridized carbons (Fsp3) is 0.586. The van der Waals surface area contributed by atoms with E-state index in [1.54, 1.807) is 19.1 Å². The zero-order chi connectivity index (χ0) is 35.4. The Morgan fingerprint density at radius 1 is 0.822 bits per heavy atom. The highest BCUT2D eigenvalue weighted by Gasteiger charge is 2.28. The molecule has 260 valence electrons. The van der Waals surface area contributed by atoms with Crippen molar-refractivity contribution < 1.29 is 58.1 Å². The van der Waals surface area contributed by atoms with E-state index in [9.17, 15) is 44.2 Å². The highest BCUT2D eigenvalue weighted by atomic mass is 31.2. The normalized spacial score (nSPS) is 15.3. The van der Waals surface area contributed by atoms with Crippen molar-refractivity contribution >= 4 is 15.2 Å². The van der Waals surface area contributed by atoms with E-state index in [0.717, 1.165) is 14.5 Å². The molecule has 7 N–H and O–H groups in total. The highest BCUT2D eigenvalue weighted by Crippen LogP contribution is 2.35. The second kappa shape index (κ2) is 18.4. The van der Waals surface area contributed by atoms with Gasteiger partial charge < -0.3 is 53.5 Å². The summed E-state index contributed by atoms with van der Waals surface area (Å²) in [4.78, 5) is 42.8. The summed E-state index contributed by atoms with van der Waals surface area (Å²) in [5.74, 6) is -0.312. The van der Waals surface area contributed by atoms with Crippen LogP contribution in [0.3, 0.4) is 0 Å². The molecule has 0 saturated heterocycles. The third-order valence-electron chi connectivity index (χ3n) is 5.27. The van der Waals surface area contributed by atoms with Crippen LogP contribution in [0.25, 0.3) is 0 Å². The van der Waals surface area contributed by atoms with E-state index in [1.807, 2.05) is 0 Å². The van der Waals surface area contributed by atoms with Crippen molar-refractivity contribution in [3.63, 3.8) is 0 Å². The molecule has 0 saturated carbocycles. The van der Waals surface area contributed by atoms with Crippen molar-refractivity contribution in [2.75, 3.05) is 82.1 Å². The predicted octanol–water partition coefficient (Wildman–Crippen LogP) is -0.0529. The van der Waals surface area contributed by atoms with E-state index < -0.39 is 40.4 Å². The molecule has 3 unspecified atom stereocenters. The Labute approximate surface area is 267 Å². The molecule has 2 rings (SSSR count). The Morgan fingerprint density at radius 3 is 1.71 bits per heavy atom. The summed E-state index contributed by atoms with van der Waals surface area (Å²) in [6, 6.07) is 7.89. The van der Waals surface area contributed by atoms with Crippen molar-refractivity contribution in [2.24, 2.45) is 0 Å². The predicted molar refractivity (Wildman–Crippen MR) is 172 cm³/mol. The molecule has 16 heteroatoms. The monoisotopic (exact) mass is 681 g/mol. The maximum absolute atomic E-state index is 11.8. The van der Waals surface area contributed by atoms with Gasteiger partial charge in [0.1, 0.15) is 25.4 Å². The number of aliphatic hydroxyl groups is 2. The van der Waals surface area contributed by atoms with Crippen LogP contribution in [0.15, 0.2) is 36.4 Å². The number of rotatable bonds is 13. The lowest BCUT2D eigenvalue weighted by molar-refractivity contribution is -0.849. The molecule has 0 spiro atoms. The minimum absolute atomic E-state index is 0.113. The Bertz CT molecular complexity index is 1250. The van der Waals surface area contributed by atoms with E-state index in [4.69, 9.17) is 4.89 Å². The third-order valence-corrected chi connectivity index (χ3v) is 6.76. The zero-order valence-electron chi connectivity index (χ0n) is 28.0. The van der Waals surface area contributed by atoms with E-state index >= 15 is 0 Å². The minimum Gasteiger partial charge on any atom is -0.778 e. The number of hydrogen-bond donors (Lipinski definition) is 5. The Kier molecular flexibility index (Phi) is 17.7. The van der Waals surface area contributed by atoms with Gasteiger partial charge in [0.05, 0.1) is 75.9 Å². The van der Waals surface area contributed by atoms with Crippen molar-refractivity contribution in [3.05, 3.63) is 58.7 Å². The Hall–Kier alpha value is -1.90. The molecule has 2 aromatic carbocycles. The second-order valence-electron chi connectivity index (χ2n) is 13.8. The smallest absolute Gasteiger partial charge is 0.291 e. The summed E-state index contributed by atoms with van der Waals surface area (Å²) >= 11 is 0. The molecule has 3 atom stereocenters. The van der Waals surface area contributed by atoms with Crippen LogP contribution in [0, 0.1) is 6.92 Å². The average Bonchev–Trinajstić information content (AvgIpc) is 2.81.